The molecule has 2 unspecified atom stereocenters. The number of aliphatic hydroxyl groups is 4. The van der Waals surface area contributed by atoms with Crippen molar-refractivity contribution in [2.45, 2.75) is 42.2 Å². The number of carbonyl (C=O) groups excluding carboxylic acids is 1. The highest BCUT2D eigenvalue weighted by molar-refractivity contribution is 5.78. The monoisotopic (exact) mass is 580 g/mol. The second-order valence-electron chi connectivity index (χ2n) is 10.5. The van der Waals surface area contributed by atoms with Gasteiger partial charge in [-0.15, -0.1) is 0 Å². The van der Waals surface area contributed by atoms with Gasteiger partial charge in [0, 0.05) is 18.1 Å². The van der Waals surface area contributed by atoms with Crippen LogP contribution in [0.15, 0.2) is 66.7 Å². The highest BCUT2D eigenvalue weighted by Gasteiger charge is 2.78. The molecule has 1 aliphatic heterocycles. The molecule has 5 rings (SSSR count). The van der Waals surface area contributed by atoms with E-state index in [-0.39, 0.29) is 30.3 Å². The van der Waals surface area contributed by atoms with Crippen LogP contribution in [-0.2, 0) is 20.7 Å². The molecular formula is C32H36O10. The standard InChI is InChI=1S/C32H36O10/c1-38-22-13-11-20(12-14-22)32-27(19-8-5-4-6-9-19)26(30(36)40-3)29(35)31(32,37)28-24(39-2)16-23(17-25(28)42-32)41-15-7-10-21(34)18-33/h4-6,8-9,11-14,16-17,21,26-27,29,33-35,37H,7,10,15,18H2,1-3H3/t21?,26?,27-,29-,31+,32+/m1/s1. The van der Waals surface area contributed by atoms with Crippen molar-refractivity contribution in [2.75, 3.05) is 34.5 Å². The molecule has 0 aromatic heterocycles. The number of aliphatic hydroxyl groups excluding tert-OH is 3. The molecule has 0 amide bonds. The van der Waals surface area contributed by atoms with Gasteiger partial charge in [-0.25, -0.2) is 0 Å². The van der Waals surface area contributed by atoms with Gasteiger partial charge in [-0.05, 0) is 36.1 Å². The van der Waals surface area contributed by atoms with E-state index in [2.05, 4.69) is 0 Å². The average Bonchev–Trinajstić information content (AvgIpc) is 3.40. The smallest absolute Gasteiger partial charge is 0.312 e. The van der Waals surface area contributed by atoms with E-state index in [1.807, 2.05) is 30.3 Å². The summed E-state index contributed by atoms with van der Waals surface area (Å²) in [6.45, 7) is -0.0867. The number of ether oxygens (including phenoxy) is 5. The predicted octanol–water partition coefficient (Wildman–Crippen LogP) is 2.64. The SMILES string of the molecule is COC(=O)C1[C@@H](O)[C@@]2(O)c3c(OC)cc(OCCCC(O)CO)cc3O[C@@]2(c2ccc(OC)cc2)[C@@H]1c1ccccc1. The molecule has 6 atom stereocenters. The maximum atomic E-state index is 13.3. The van der Waals surface area contributed by atoms with Crippen molar-refractivity contribution in [3.63, 3.8) is 0 Å². The number of fused-ring (bicyclic) bond motifs is 3. The van der Waals surface area contributed by atoms with Gasteiger partial charge in [0.1, 0.15) is 29.1 Å². The zero-order chi connectivity index (χ0) is 30.1. The van der Waals surface area contributed by atoms with Gasteiger partial charge < -0.3 is 44.1 Å². The van der Waals surface area contributed by atoms with Crippen LogP contribution in [0.25, 0.3) is 0 Å². The fourth-order valence-corrected chi connectivity index (χ4v) is 6.47. The first-order valence-corrected chi connectivity index (χ1v) is 13.8. The summed E-state index contributed by atoms with van der Waals surface area (Å²) in [7, 11) is 4.22. The van der Waals surface area contributed by atoms with Crippen molar-refractivity contribution in [3.8, 4) is 23.0 Å². The Kier molecular flexibility index (Phi) is 8.34. The Bertz CT molecular complexity index is 1390. The van der Waals surface area contributed by atoms with Crippen LogP contribution in [0.4, 0.5) is 0 Å². The molecule has 224 valence electrons. The minimum atomic E-state index is -2.16. The number of esters is 1. The van der Waals surface area contributed by atoms with Crippen LogP contribution in [0.1, 0.15) is 35.4 Å². The molecule has 42 heavy (non-hydrogen) atoms. The number of hydrogen-bond acceptors (Lipinski definition) is 10. The molecule has 1 aliphatic carbocycles. The van der Waals surface area contributed by atoms with Crippen LogP contribution in [0.5, 0.6) is 23.0 Å². The highest BCUT2D eigenvalue weighted by Crippen LogP contribution is 2.70. The summed E-state index contributed by atoms with van der Waals surface area (Å²) in [4.78, 5) is 13.3. The molecule has 1 fully saturated rings. The average molecular weight is 581 g/mol. The number of hydrogen-bond donors (Lipinski definition) is 4. The maximum Gasteiger partial charge on any atom is 0.312 e. The fourth-order valence-electron chi connectivity index (χ4n) is 6.47. The Morgan fingerprint density at radius 1 is 1.00 bits per heavy atom. The maximum absolute atomic E-state index is 13.3. The van der Waals surface area contributed by atoms with Gasteiger partial charge in [0.25, 0.3) is 0 Å². The summed E-state index contributed by atoms with van der Waals surface area (Å²) >= 11 is 0. The second kappa shape index (κ2) is 11.8. The van der Waals surface area contributed by atoms with Crippen LogP contribution >= 0.6 is 0 Å². The molecular weight excluding hydrogens is 544 g/mol. The first kappa shape index (κ1) is 29.7. The van der Waals surface area contributed by atoms with Gasteiger partial charge in [-0.3, -0.25) is 4.79 Å². The Labute approximate surface area is 244 Å². The Morgan fingerprint density at radius 3 is 2.33 bits per heavy atom. The molecule has 1 saturated carbocycles. The summed E-state index contributed by atoms with van der Waals surface area (Å²) in [5.74, 6) is -1.40. The van der Waals surface area contributed by atoms with E-state index in [0.717, 1.165) is 0 Å². The molecule has 1 heterocycles. The van der Waals surface area contributed by atoms with Crippen LogP contribution in [0.3, 0.4) is 0 Å². The number of benzene rings is 3. The van der Waals surface area contributed by atoms with E-state index < -0.39 is 41.2 Å². The number of rotatable bonds is 11. The lowest BCUT2D eigenvalue weighted by Crippen LogP contribution is -2.52. The lowest BCUT2D eigenvalue weighted by Gasteiger charge is -2.40. The van der Waals surface area contributed by atoms with E-state index in [1.54, 1.807) is 43.5 Å². The Balaban J connectivity index is 1.70. The molecule has 3 aromatic rings. The minimum Gasteiger partial charge on any atom is -0.497 e. The van der Waals surface area contributed by atoms with E-state index in [0.29, 0.717) is 35.5 Å². The zero-order valence-electron chi connectivity index (χ0n) is 23.7. The first-order valence-electron chi connectivity index (χ1n) is 13.8. The summed E-state index contributed by atoms with van der Waals surface area (Å²) < 4.78 is 29.0. The summed E-state index contributed by atoms with van der Waals surface area (Å²) in [5, 5.41) is 43.5. The molecule has 0 bridgehead atoms. The van der Waals surface area contributed by atoms with Crippen molar-refractivity contribution in [1.82, 2.24) is 0 Å². The third kappa shape index (κ3) is 4.55. The molecule has 3 aromatic carbocycles. The van der Waals surface area contributed by atoms with Crippen LogP contribution in [0.2, 0.25) is 0 Å². The molecule has 2 aliphatic rings. The molecule has 0 spiro atoms. The van der Waals surface area contributed by atoms with E-state index >= 15 is 0 Å². The lowest BCUT2D eigenvalue weighted by molar-refractivity contribution is -0.161. The zero-order valence-corrected chi connectivity index (χ0v) is 23.7. The topological polar surface area (TPSA) is 144 Å². The largest absolute Gasteiger partial charge is 0.497 e. The van der Waals surface area contributed by atoms with Crippen LogP contribution in [0, 0.1) is 5.92 Å². The highest BCUT2D eigenvalue weighted by atomic mass is 16.6. The summed E-state index contributed by atoms with van der Waals surface area (Å²) in [6, 6.07) is 19.3. The third-order valence-electron chi connectivity index (χ3n) is 8.36. The van der Waals surface area contributed by atoms with E-state index in [4.69, 9.17) is 28.8 Å². The van der Waals surface area contributed by atoms with Crippen LogP contribution < -0.4 is 18.9 Å². The third-order valence-corrected chi connectivity index (χ3v) is 8.36. The fraction of sp³-hybridized carbons (Fsp3) is 0.406. The van der Waals surface area contributed by atoms with Gasteiger partial charge in [-0.1, -0.05) is 42.5 Å². The van der Waals surface area contributed by atoms with Gasteiger partial charge >= 0.3 is 5.97 Å². The first-order chi connectivity index (χ1) is 20.3. The quantitative estimate of drug-likeness (QED) is 0.197. The van der Waals surface area contributed by atoms with E-state index in [9.17, 15) is 20.1 Å². The van der Waals surface area contributed by atoms with Crippen molar-refractivity contribution in [2.24, 2.45) is 5.92 Å². The second-order valence-corrected chi connectivity index (χ2v) is 10.5. The Morgan fingerprint density at radius 2 is 1.71 bits per heavy atom. The normalized spacial score (nSPS) is 26.5. The van der Waals surface area contributed by atoms with Crippen LogP contribution in [-0.4, -0.2) is 73.1 Å². The number of methoxy groups -OCH3 is 3. The van der Waals surface area contributed by atoms with Crippen molar-refractivity contribution < 1.29 is 48.9 Å². The molecule has 4 N–H and O–H groups in total. The van der Waals surface area contributed by atoms with Gasteiger partial charge in [0.15, 0.2) is 11.2 Å². The molecule has 0 saturated heterocycles. The molecule has 0 radical (unpaired) electrons. The van der Waals surface area contributed by atoms with Gasteiger partial charge in [-0.2, -0.15) is 0 Å². The number of carbonyl (C=O) groups is 1. The van der Waals surface area contributed by atoms with Gasteiger partial charge in [0.2, 0.25) is 0 Å². The minimum absolute atomic E-state index is 0.184. The van der Waals surface area contributed by atoms with Crippen molar-refractivity contribution in [3.05, 3.63) is 83.4 Å². The predicted molar refractivity (Wildman–Crippen MR) is 151 cm³/mol. The van der Waals surface area contributed by atoms with E-state index in [1.165, 1.54) is 14.2 Å². The summed E-state index contributed by atoms with van der Waals surface area (Å²) in [5.41, 5.74) is -2.51. The lowest BCUT2D eigenvalue weighted by atomic mass is 9.70. The summed E-state index contributed by atoms with van der Waals surface area (Å²) in [6.07, 6.45) is -1.64. The molecule has 10 heteroatoms. The van der Waals surface area contributed by atoms with Crippen molar-refractivity contribution in [1.29, 1.82) is 0 Å². The van der Waals surface area contributed by atoms with Crippen molar-refractivity contribution >= 4 is 5.97 Å². The Hall–Kier alpha value is -3.83. The molecule has 10 nitrogen and oxygen atoms in total. The van der Waals surface area contributed by atoms with Gasteiger partial charge in [0.05, 0.1) is 52.1 Å².